The molecular weight excluding hydrogens is 350 g/mol. The van der Waals surface area contributed by atoms with Gasteiger partial charge in [0.1, 0.15) is 6.61 Å². The third kappa shape index (κ3) is 2.08. The Balaban J connectivity index is 1.80. The molecule has 1 N–H and O–H groups in total. The average molecular weight is 365 g/mol. The molecule has 1 unspecified atom stereocenters. The number of carbonyl (C=O) groups is 1. The number of hydrogen-bond donors (Lipinski definition) is 1. The van der Waals surface area contributed by atoms with E-state index in [1.54, 1.807) is 23.5 Å². The standard InChI is InChI=1S/C20H15NO4S/c1-24-15-5-3-11(7-14(15)22)16-17-10(2-4-13-19(17)26-9-21-13)6-12-8-25-20(23)18(12)16/h2-5,7,9,16,22H,6,8H2,1H3. The Morgan fingerprint density at radius 3 is 3.00 bits per heavy atom. The number of nitrogens with zero attached hydrogens (tertiary/aromatic N) is 1. The number of phenolic OH excluding ortho intramolecular Hbond substituents is 1. The molecule has 1 atom stereocenters. The number of aromatic nitrogens is 1. The molecule has 5 rings (SSSR count). The zero-order chi connectivity index (χ0) is 17.8. The van der Waals surface area contributed by atoms with Crippen LogP contribution < -0.4 is 4.74 Å². The number of aromatic hydroxyl groups is 1. The lowest BCUT2D eigenvalue weighted by Gasteiger charge is -2.27. The van der Waals surface area contributed by atoms with E-state index in [4.69, 9.17) is 9.47 Å². The van der Waals surface area contributed by atoms with Gasteiger partial charge in [0, 0.05) is 5.92 Å². The quantitative estimate of drug-likeness (QED) is 0.704. The summed E-state index contributed by atoms with van der Waals surface area (Å²) in [5.74, 6) is -0.0803. The van der Waals surface area contributed by atoms with E-state index in [2.05, 4.69) is 11.1 Å². The van der Waals surface area contributed by atoms with Gasteiger partial charge in [0.15, 0.2) is 11.5 Å². The van der Waals surface area contributed by atoms with Crippen molar-refractivity contribution in [3.05, 3.63) is 63.7 Å². The number of methoxy groups -OCH3 is 1. The van der Waals surface area contributed by atoms with Gasteiger partial charge in [-0.15, -0.1) is 11.3 Å². The fourth-order valence-corrected chi connectivity index (χ4v) is 4.86. The average Bonchev–Trinajstić information content (AvgIpc) is 3.26. The molecule has 3 aromatic rings. The largest absolute Gasteiger partial charge is 0.504 e. The molecule has 0 fully saturated rings. The van der Waals surface area contributed by atoms with Crippen molar-refractivity contribution in [2.75, 3.05) is 13.7 Å². The van der Waals surface area contributed by atoms with Crippen LogP contribution in [0.1, 0.15) is 22.6 Å². The molecule has 1 aliphatic heterocycles. The first-order valence-corrected chi connectivity index (χ1v) is 9.16. The van der Waals surface area contributed by atoms with Crippen molar-refractivity contribution in [3.63, 3.8) is 0 Å². The van der Waals surface area contributed by atoms with E-state index in [1.807, 2.05) is 17.6 Å². The highest BCUT2D eigenvalue weighted by atomic mass is 32.1. The molecule has 2 aromatic carbocycles. The van der Waals surface area contributed by atoms with E-state index in [0.717, 1.165) is 26.9 Å². The fraction of sp³-hybridized carbons (Fsp3) is 0.200. The van der Waals surface area contributed by atoms with Gasteiger partial charge < -0.3 is 14.6 Å². The summed E-state index contributed by atoms with van der Waals surface area (Å²) < 4.78 is 11.6. The van der Waals surface area contributed by atoms with E-state index < -0.39 is 0 Å². The van der Waals surface area contributed by atoms with Gasteiger partial charge in [-0.1, -0.05) is 12.1 Å². The van der Waals surface area contributed by atoms with Gasteiger partial charge in [-0.25, -0.2) is 9.78 Å². The van der Waals surface area contributed by atoms with Crippen molar-refractivity contribution in [2.24, 2.45) is 0 Å². The monoisotopic (exact) mass is 365 g/mol. The molecule has 5 nitrogen and oxygen atoms in total. The molecule has 2 aliphatic rings. The molecule has 0 radical (unpaired) electrons. The molecule has 1 aliphatic carbocycles. The molecule has 2 heterocycles. The number of benzene rings is 2. The van der Waals surface area contributed by atoms with E-state index in [1.165, 1.54) is 12.7 Å². The van der Waals surface area contributed by atoms with Crippen LogP contribution in [0.15, 0.2) is 47.0 Å². The van der Waals surface area contributed by atoms with Gasteiger partial charge in [-0.05, 0) is 46.9 Å². The van der Waals surface area contributed by atoms with E-state index in [-0.39, 0.29) is 17.6 Å². The van der Waals surface area contributed by atoms with Crippen molar-refractivity contribution in [2.45, 2.75) is 12.3 Å². The summed E-state index contributed by atoms with van der Waals surface area (Å²) in [7, 11) is 1.51. The molecule has 0 spiro atoms. The second-order valence-corrected chi connectivity index (χ2v) is 7.33. The lowest BCUT2D eigenvalue weighted by atomic mass is 9.75. The highest BCUT2D eigenvalue weighted by Crippen LogP contribution is 2.48. The zero-order valence-electron chi connectivity index (χ0n) is 14.0. The predicted molar refractivity (Wildman–Crippen MR) is 97.8 cm³/mol. The number of fused-ring (bicyclic) bond motifs is 3. The molecule has 0 amide bonds. The fourth-order valence-electron chi connectivity index (χ4n) is 3.98. The van der Waals surface area contributed by atoms with Crippen LogP contribution in [0.25, 0.3) is 10.2 Å². The number of thiazole rings is 1. The van der Waals surface area contributed by atoms with Crippen LogP contribution in [-0.2, 0) is 16.0 Å². The van der Waals surface area contributed by atoms with E-state index in [0.29, 0.717) is 24.4 Å². The van der Waals surface area contributed by atoms with Gasteiger partial charge in [0.05, 0.1) is 28.4 Å². The number of rotatable bonds is 2. The first-order valence-electron chi connectivity index (χ1n) is 8.28. The molecule has 0 saturated heterocycles. The Kier molecular flexibility index (Phi) is 3.30. The summed E-state index contributed by atoms with van der Waals surface area (Å²) in [6.07, 6.45) is 0.711. The first-order chi connectivity index (χ1) is 12.7. The van der Waals surface area contributed by atoms with Crippen molar-refractivity contribution >= 4 is 27.5 Å². The number of hydrogen-bond acceptors (Lipinski definition) is 6. The van der Waals surface area contributed by atoms with Gasteiger partial charge >= 0.3 is 5.97 Å². The summed E-state index contributed by atoms with van der Waals surface area (Å²) >= 11 is 1.57. The smallest absolute Gasteiger partial charge is 0.335 e. The topological polar surface area (TPSA) is 68.7 Å². The molecule has 130 valence electrons. The van der Waals surface area contributed by atoms with Gasteiger partial charge in [-0.2, -0.15) is 0 Å². The molecule has 1 aromatic heterocycles. The number of esters is 1. The predicted octanol–water partition coefficient (Wildman–Crippen LogP) is 3.55. The van der Waals surface area contributed by atoms with Crippen LogP contribution in [-0.4, -0.2) is 29.8 Å². The van der Waals surface area contributed by atoms with Crippen LogP contribution in [0, 0.1) is 0 Å². The molecule has 0 saturated carbocycles. The second-order valence-electron chi connectivity index (χ2n) is 6.47. The molecular formula is C20H15NO4S. The number of cyclic esters (lactones) is 1. The highest BCUT2D eigenvalue weighted by Gasteiger charge is 2.39. The summed E-state index contributed by atoms with van der Waals surface area (Å²) in [5, 5.41) is 10.3. The Labute approximate surface area is 153 Å². The van der Waals surface area contributed by atoms with E-state index in [9.17, 15) is 9.90 Å². The van der Waals surface area contributed by atoms with Crippen LogP contribution in [0.5, 0.6) is 11.5 Å². The Morgan fingerprint density at radius 1 is 1.31 bits per heavy atom. The minimum atomic E-state index is -0.273. The maximum Gasteiger partial charge on any atom is 0.335 e. The SMILES string of the molecule is COc1ccc(C2C3=C(COC3=O)Cc3ccc4ncsc4c32)cc1O. The number of ether oxygens (including phenoxy) is 2. The summed E-state index contributed by atoms with van der Waals surface area (Å²) in [5.41, 5.74) is 7.58. The van der Waals surface area contributed by atoms with Crippen LogP contribution >= 0.6 is 11.3 Å². The number of phenols is 1. The van der Waals surface area contributed by atoms with Crippen LogP contribution in [0.3, 0.4) is 0 Å². The van der Waals surface area contributed by atoms with E-state index >= 15 is 0 Å². The molecule has 0 bridgehead atoms. The Hall–Kier alpha value is -2.86. The van der Waals surface area contributed by atoms with Gasteiger partial charge in [0.25, 0.3) is 0 Å². The van der Waals surface area contributed by atoms with Crippen LogP contribution in [0.4, 0.5) is 0 Å². The number of carbonyl (C=O) groups excluding carboxylic acids is 1. The zero-order valence-corrected chi connectivity index (χ0v) is 14.8. The first kappa shape index (κ1) is 15.4. The lowest BCUT2D eigenvalue weighted by Crippen LogP contribution is -2.18. The lowest BCUT2D eigenvalue weighted by molar-refractivity contribution is -0.136. The van der Waals surface area contributed by atoms with Crippen molar-refractivity contribution in [3.8, 4) is 11.5 Å². The van der Waals surface area contributed by atoms with Gasteiger partial charge in [0.2, 0.25) is 0 Å². The Morgan fingerprint density at radius 2 is 2.19 bits per heavy atom. The molecule has 26 heavy (non-hydrogen) atoms. The highest BCUT2D eigenvalue weighted by molar-refractivity contribution is 7.17. The van der Waals surface area contributed by atoms with Crippen molar-refractivity contribution in [1.29, 1.82) is 0 Å². The summed E-state index contributed by atoms with van der Waals surface area (Å²) in [6.45, 7) is 0.340. The minimum absolute atomic E-state index is 0.0575. The third-order valence-corrected chi connectivity index (χ3v) is 6.00. The summed E-state index contributed by atoms with van der Waals surface area (Å²) in [4.78, 5) is 16.9. The second kappa shape index (κ2) is 5.57. The normalized spacial score (nSPS) is 18.7. The minimum Gasteiger partial charge on any atom is -0.504 e. The molecule has 6 heteroatoms. The van der Waals surface area contributed by atoms with Crippen LogP contribution in [0.2, 0.25) is 0 Å². The van der Waals surface area contributed by atoms with Crippen molar-refractivity contribution in [1.82, 2.24) is 4.98 Å². The Bertz CT molecular complexity index is 1100. The van der Waals surface area contributed by atoms with Crippen molar-refractivity contribution < 1.29 is 19.4 Å². The maximum absolute atomic E-state index is 12.5. The summed E-state index contributed by atoms with van der Waals surface area (Å²) in [6, 6.07) is 9.41. The van der Waals surface area contributed by atoms with Gasteiger partial charge in [-0.3, -0.25) is 0 Å². The third-order valence-electron chi connectivity index (χ3n) is 5.12. The maximum atomic E-state index is 12.5.